The Balaban J connectivity index is 1.34. The molecule has 0 saturated carbocycles. The first-order valence-electron chi connectivity index (χ1n) is 14.0. The summed E-state index contributed by atoms with van der Waals surface area (Å²) in [5.41, 5.74) is 11.5. The summed E-state index contributed by atoms with van der Waals surface area (Å²) in [6, 6.07) is 43.2. The lowest BCUT2D eigenvalue weighted by Crippen LogP contribution is -2.13. The minimum Gasteiger partial charge on any atom is -0.0619 e. The average Bonchev–Trinajstić information content (AvgIpc) is 3.25. The Kier molecular flexibility index (Phi) is 4.32. The molecule has 0 N–H and O–H groups in total. The monoisotopic (exact) mass is 494 g/mol. The molecule has 0 amide bonds. The van der Waals surface area contributed by atoms with Gasteiger partial charge in [0.05, 0.1) is 0 Å². The highest BCUT2D eigenvalue weighted by Gasteiger charge is 2.39. The first-order valence-corrected chi connectivity index (χ1v) is 14.0. The lowest BCUT2D eigenvalue weighted by Gasteiger charge is -2.30. The van der Waals surface area contributed by atoms with Crippen LogP contribution in [0.4, 0.5) is 0 Å². The third-order valence-corrected chi connectivity index (χ3v) is 9.28. The highest BCUT2D eigenvalue weighted by molar-refractivity contribution is 6.25. The predicted molar refractivity (Wildman–Crippen MR) is 165 cm³/mol. The first kappa shape index (κ1) is 21.3. The van der Waals surface area contributed by atoms with E-state index < -0.39 is 0 Å². The van der Waals surface area contributed by atoms with Gasteiger partial charge >= 0.3 is 0 Å². The van der Waals surface area contributed by atoms with Crippen molar-refractivity contribution in [1.82, 2.24) is 0 Å². The van der Waals surface area contributed by atoms with Gasteiger partial charge in [0.25, 0.3) is 0 Å². The zero-order valence-electron chi connectivity index (χ0n) is 21.6. The Labute approximate surface area is 228 Å². The van der Waals surface area contributed by atoms with Crippen LogP contribution < -0.4 is 0 Å². The molecule has 0 saturated heterocycles. The van der Waals surface area contributed by atoms with Crippen molar-refractivity contribution in [2.24, 2.45) is 0 Å². The molecule has 0 nitrogen and oxygen atoms in total. The molecule has 0 aromatic heterocycles. The van der Waals surface area contributed by atoms with Gasteiger partial charge in [-0.25, -0.2) is 0 Å². The molecule has 2 bridgehead atoms. The van der Waals surface area contributed by atoms with Gasteiger partial charge in [0.2, 0.25) is 0 Å². The van der Waals surface area contributed by atoms with Gasteiger partial charge in [-0.3, -0.25) is 0 Å². The number of hydrogen-bond donors (Lipinski definition) is 0. The van der Waals surface area contributed by atoms with E-state index in [0.29, 0.717) is 5.92 Å². The first-order chi connectivity index (χ1) is 19.3. The van der Waals surface area contributed by atoms with E-state index in [0.717, 1.165) is 6.42 Å². The molecule has 9 rings (SSSR count). The zero-order chi connectivity index (χ0) is 25.5. The molecule has 3 aliphatic rings. The van der Waals surface area contributed by atoms with Crippen molar-refractivity contribution < 1.29 is 0 Å². The Hall–Kier alpha value is -4.68. The summed E-state index contributed by atoms with van der Waals surface area (Å²) in [7, 11) is 0. The van der Waals surface area contributed by atoms with Gasteiger partial charge in [-0.2, -0.15) is 0 Å². The van der Waals surface area contributed by atoms with E-state index in [-0.39, 0.29) is 5.92 Å². The Morgan fingerprint density at radius 2 is 1.13 bits per heavy atom. The molecule has 6 aromatic rings. The third kappa shape index (κ3) is 2.95. The smallest absolute Gasteiger partial charge is 0.0320 e. The van der Waals surface area contributed by atoms with Crippen LogP contribution in [-0.4, -0.2) is 0 Å². The zero-order valence-corrected chi connectivity index (χ0v) is 21.6. The normalized spacial score (nSPS) is 19.1. The summed E-state index contributed by atoms with van der Waals surface area (Å²) < 4.78 is 0. The van der Waals surface area contributed by atoms with Crippen molar-refractivity contribution in [2.45, 2.75) is 18.3 Å². The van der Waals surface area contributed by atoms with Crippen molar-refractivity contribution in [2.75, 3.05) is 0 Å². The van der Waals surface area contributed by atoms with Crippen LogP contribution in [0.25, 0.3) is 44.0 Å². The topological polar surface area (TPSA) is 0 Å². The summed E-state index contributed by atoms with van der Waals surface area (Å²) >= 11 is 0. The van der Waals surface area contributed by atoms with Crippen molar-refractivity contribution in [3.8, 4) is 0 Å². The maximum atomic E-state index is 2.50. The molecule has 0 fully saturated rings. The summed E-state index contributed by atoms with van der Waals surface area (Å²) in [6.45, 7) is 0. The van der Waals surface area contributed by atoms with Crippen LogP contribution in [0.3, 0.4) is 0 Å². The lowest BCUT2D eigenvalue weighted by atomic mass is 9.73. The molecule has 39 heavy (non-hydrogen) atoms. The fraction of sp³-hybridized carbons (Fsp3) is 0.0769. The second-order valence-electron chi connectivity index (χ2n) is 11.2. The van der Waals surface area contributed by atoms with Crippen LogP contribution in [0, 0.1) is 0 Å². The largest absolute Gasteiger partial charge is 0.0619 e. The van der Waals surface area contributed by atoms with E-state index in [2.05, 4.69) is 133 Å². The number of hydrogen-bond acceptors (Lipinski definition) is 0. The van der Waals surface area contributed by atoms with Gasteiger partial charge in [-0.05, 0) is 89.3 Å². The summed E-state index contributed by atoms with van der Waals surface area (Å²) in [4.78, 5) is 0. The number of rotatable bonds is 1. The second kappa shape index (κ2) is 7.91. The maximum Gasteiger partial charge on any atom is 0.0320 e. The molecule has 0 spiro atoms. The van der Waals surface area contributed by atoms with Crippen LogP contribution in [-0.2, 0) is 0 Å². The van der Waals surface area contributed by atoms with E-state index in [1.54, 1.807) is 5.57 Å². The van der Waals surface area contributed by atoms with E-state index in [9.17, 15) is 0 Å². The maximum absolute atomic E-state index is 2.50. The van der Waals surface area contributed by atoms with Gasteiger partial charge in [0.15, 0.2) is 0 Å². The van der Waals surface area contributed by atoms with Gasteiger partial charge in [0, 0.05) is 11.8 Å². The third-order valence-electron chi connectivity index (χ3n) is 9.28. The lowest BCUT2D eigenvalue weighted by molar-refractivity contribution is 0.734. The minimum atomic E-state index is 0.242. The van der Waals surface area contributed by atoms with Gasteiger partial charge in [-0.1, -0.05) is 127 Å². The standard InChI is InChI=1S/C39H26/c1-2-10-27-25(9-1)21-24-17-19-35-32-15-7-8-16-34(32)38(39(35)37(27)22-24)26-18-20-33-30-13-4-3-11-28(30)29-12-5-6-14-31(29)36(33)23-26/h1-21,23,37-38H,22H2. The molecule has 0 radical (unpaired) electrons. The summed E-state index contributed by atoms with van der Waals surface area (Å²) in [5.74, 6) is 0.624. The molecular formula is C39H26. The van der Waals surface area contributed by atoms with Crippen molar-refractivity contribution in [1.29, 1.82) is 0 Å². The predicted octanol–water partition coefficient (Wildman–Crippen LogP) is 10.2. The SMILES string of the molecule is C1=CC2=C(C3CC1=Cc1ccccc13)C(c1ccc3c4ccccc4c4ccccc4c3c1)c1ccccc12. The molecule has 182 valence electrons. The van der Waals surface area contributed by atoms with Crippen molar-refractivity contribution >= 4 is 44.0 Å². The Morgan fingerprint density at radius 1 is 0.513 bits per heavy atom. The van der Waals surface area contributed by atoms with Crippen molar-refractivity contribution in [3.63, 3.8) is 0 Å². The molecular weight excluding hydrogens is 468 g/mol. The van der Waals surface area contributed by atoms with Crippen LogP contribution in [0.15, 0.2) is 139 Å². The van der Waals surface area contributed by atoms with E-state index in [1.807, 2.05) is 0 Å². The van der Waals surface area contributed by atoms with Crippen LogP contribution in [0.2, 0.25) is 0 Å². The molecule has 0 heterocycles. The van der Waals surface area contributed by atoms with E-state index >= 15 is 0 Å². The fourth-order valence-electron chi connectivity index (χ4n) is 7.66. The average molecular weight is 495 g/mol. The molecule has 2 unspecified atom stereocenters. The molecule has 0 aliphatic heterocycles. The van der Waals surface area contributed by atoms with E-state index in [4.69, 9.17) is 0 Å². The number of allylic oxidation sites excluding steroid dienone is 5. The second-order valence-corrected chi connectivity index (χ2v) is 11.2. The number of fused-ring (bicyclic) bond motifs is 13. The van der Waals surface area contributed by atoms with Gasteiger partial charge in [0.1, 0.15) is 0 Å². The highest BCUT2D eigenvalue weighted by Crippen LogP contribution is 2.56. The van der Waals surface area contributed by atoms with Crippen LogP contribution in [0.1, 0.15) is 46.1 Å². The summed E-state index contributed by atoms with van der Waals surface area (Å²) in [5, 5.41) is 8.01. The van der Waals surface area contributed by atoms with E-state index in [1.165, 1.54) is 71.3 Å². The van der Waals surface area contributed by atoms with Crippen LogP contribution in [0.5, 0.6) is 0 Å². The van der Waals surface area contributed by atoms with Gasteiger partial charge in [-0.15, -0.1) is 0 Å². The Morgan fingerprint density at radius 3 is 1.90 bits per heavy atom. The molecule has 6 aromatic carbocycles. The van der Waals surface area contributed by atoms with Crippen LogP contribution >= 0.6 is 0 Å². The minimum absolute atomic E-state index is 0.242. The molecule has 2 atom stereocenters. The van der Waals surface area contributed by atoms with Crippen molar-refractivity contribution in [3.05, 3.63) is 166 Å². The molecule has 0 heteroatoms. The Bertz CT molecular complexity index is 2060. The molecule has 3 aliphatic carbocycles. The van der Waals surface area contributed by atoms with Gasteiger partial charge < -0.3 is 0 Å². The quantitative estimate of drug-likeness (QED) is 0.199. The highest BCUT2D eigenvalue weighted by atomic mass is 14.4. The fourth-order valence-corrected chi connectivity index (χ4v) is 7.66. The number of benzene rings is 6. The summed E-state index contributed by atoms with van der Waals surface area (Å²) in [6.07, 6.45) is 8.22.